The molecule has 1 aromatic heterocycles. The maximum absolute atomic E-state index is 12.5. The number of aryl methyl sites for hydroxylation is 1. The second kappa shape index (κ2) is 3.19. The van der Waals surface area contributed by atoms with Crippen LogP contribution >= 0.6 is 11.6 Å². The topological polar surface area (TPSA) is 17.8 Å². The highest BCUT2D eigenvalue weighted by atomic mass is 35.5. The molecule has 1 heterocycles. The lowest BCUT2D eigenvalue weighted by molar-refractivity contribution is -0.114. The zero-order valence-corrected chi connectivity index (χ0v) is 8.56. The van der Waals surface area contributed by atoms with Crippen LogP contribution in [0, 0.1) is 12.8 Å². The molecular weight excluding hydrogens is 210 g/mol. The minimum absolute atomic E-state index is 0.0156. The third-order valence-corrected chi connectivity index (χ3v) is 3.04. The summed E-state index contributed by atoms with van der Waals surface area (Å²) in [6.45, 7) is 2.35. The summed E-state index contributed by atoms with van der Waals surface area (Å²) in [5.41, 5.74) is 0.887. The number of hydrogen-bond donors (Lipinski definition) is 0. The molecule has 0 amide bonds. The molecule has 0 spiro atoms. The summed E-state index contributed by atoms with van der Waals surface area (Å²) in [5, 5.41) is 4.58. The van der Waals surface area contributed by atoms with E-state index in [1.54, 1.807) is 10.9 Å². The van der Waals surface area contributed by atoms with Gasteiger partial charge in [0.25, 0.3) is 0 Å². The molecule has 0 bridgehead atoms. The highest BCUT2D eigenvalue weighted by Crippen LogP contribution is 2.43. The normalized spacial score (nSPS) is 20.9. The molecule has 1 aromatic rings. The van der Waals surface area contributed by atoms with Crippen molar-refractivity contribution >= 4 is 11.6 Å². The molecule has 0 radical (unpaired) electrons. The summed E-state index contributed by atoms with van der Waals surface area (Å²) in [5.74, 6) is -2.44. The van der Waals surface area contributed by atoms with Crippen molar-refractivity contribution in [2.75, 3.05) is 0 Å². The van der Waals surface area contributed by atoms with E-state index in [9.17, 15) is 8.78 Å². The Morgan fingerprint density at radius 3 is 2.71 bits per heavy atom. The molecular formula is C9H11ClF2N2. The van der Waals surface area contributed by atoms with Gasteiger partial charge < -0.3 is 0 Å². The predicted octanol–water partition coefficient (Wildman–Crippen LogP) is 2.89. The quantitative estimate of drug-likeness (QED) is 0.750. The minimum Gasteiger partial charge on any atom is -0.253 e. The Bertz CT molecular complexity index is 341. The van der Waals surface area contributed by atoms with Crippen molar-refractivity contribution in [3.63, 3.8) is 0 Å². The number of alkyl halides is 2. The van der Waals surface area contributed by atoms with Gasteiger partial charge in [-0.2, -0.15) is 5.10 Å². The van der Waals surface area contributed by atoms with Crippen LogP contribution in [0.2, 0.25) is 5.15 Å². The molecule has 2 rings (SSSR count). The van der Waals surface area contributed by atoms with Crippen molar-refractivity contribution in [1.29, 1.82) is 0 Å². The van der Waals surface area contributed by atoms with E-state index in [0.29, 0.717) is 11.7 Å². The molecule has 2 nitrogen and oxygen atoms in total. The van der Waals surface area contributed by atoms with Gasteiger partial charge >= 0.3 is 0 Å². The van der Waals surface area contributed by atoms with Crippen LogP contribution in [0.15, 0.2) is 6.20 Å². The standard InChI is InChI=1S/C9H11ClF2N2/c1-6-4-13-14(8(6)10)5-7-2-9(11,12)3-7/h4,7H,2-3,5H2,1H3. The Labute approximate surface area is 85.9 Å². The maximum Gasteiger partial charge on any atom is 0.248 e. The first-order valence-corrected chi connectivity index (χ1v) is 4.91. The maximum atomic E-state index is 12.5. The van der Waals surface area contributed by atoms with E-state index in [-0.39, 0.29) is 18.8 Å². The molecule has 14 heavy (non-hydrogen) atoms. The Balaban J connectivity index is 1.97. The zero-order chi connectivity index (χ0) is 10.3. The summed E-state index contributed by atoms with van der Waals surface area (Å²) in [6.07, 6.45) is 1.57. The smallest absolute Gasteiger partial charge is 0.248 e. The van der Waals surface area contributed by atoms with Crippen LogP contribution in [0.25, 0.3) is 0 Å². The monoisotopic (exact) mass is 220 g/mol. The molecule has 0 atom stereocenters. The van der Waals surface area contributed by atoms with Crippen LogP contribution in [0.3, 0.4) is 0 Å². The molecule has 0 N–H and O–H groups in total. The fourth-order valence-corrected chi connectivity index (χ4v) is 1.91. The number of nitrogens with zero attached hydrogens (tertiary/aromatic N) is 2. The Kier molecular flexibility index (Phi) is 2.26. The SMILES string of the molecule is Cc1cnn(CC2CC(F)(F)C2)c1Cl. The lowest BCUT2D eigenvalue weighted by Crippen LogP contribution is -2.37. The zero-order valence-electron chi connectivity index (χ0n) is 7.80. The summed E-state index contributed by atoms with van der Waals surface area (Å²) in [4.78, 5) is 0. The van der Waals surface area contributed by atoms with Crippen LogP contribution < -0.4 is 0 Å². The first kappa shape index (κ1) is 9.90. The van der Waals surface area contributed by atoms with Crippen LogP contribution in [0.1, 0.15) is 18.4 Å². The first-order chi connectivity index (χ1) is 6.48. The lowest BCUT2D eigenvalue weighted by atomic mass is 9.81. The van der Waals surface area contributed by atoms with Crippen molar-refractivity contribution in [3.8, 4) is 0 Å². The molecule has 0 aliphatic heterocycles. The average molecular weight is 221 g/mol. The van der Waals surface area contributed by atoms with Crippen molar-refractivity contribution in [2.45, 2.75) is 32.2 Å². The first-order valence-electron chi connectivity index (χ1n) is 4.54. The van der Waals surface area contributed by atoms with E-state index in [1.165, 1.54) is 0 Å². The van der Waals surface area contributed by atoms with Gasteiger partial charge in [0, 0.05) is 24.9 Å². The predicted molar refractivity (Wildman–Crippen MR) is 49.6 cm³/mol. The van der Waals surface area contributed by atoms with Crippen LogP contribution in [0.4, 0.5) is 8.78 Å². The van der Waals surface area contributed by atoms with Crippen LogP contribution in [0.5, 0.6) is 0 Å². The molecule has 0 saturated heterocycles. The summed E-state index contributed by atoms with van der Waals surface area (Å²) >= 11 is 5.92. The average Bonchev–Trinajstić information content (AvgIpc) is 2.33. The molecule has 0 aromatic carbocycles. The summed E-state index contributed by atoms with van der Waals surface area (Å²) in [7, 11) is 0. The molecule has 5 heteroatoms. The van der Waals surface area contributed by atoms with E-state index in [4.69, 9.17) is 11.6 Å². The Hall–Kier alpha value is -0.640. The number of hydrogen-bond acceptors (Lipinski definition) is 1. The molecule has 1 aliphatic rings. The van der Waals surface area contributed by atoms with Gasteiger partial charge in [0.1, 0.15) is 5.15 Å². The van der Waals surface area contributed by atoms with Crippen LogP contribution in [-0.2, 0) is 6.54 Å². The number of halogens is 3. The molecule has 0 unspecified atom stereocenters. The third kappa shape index (κ3) is 1.75. The van der Waals surface area contributed by atoms with Crippen molar-refractivity contribution < 1.29 is 8.78 Å². The van der Waals surface area contributed by atoms with E-state index < -0.39 is 5.92 Å². The third-order valence-electron chi connectivity index (χ3n) is 2.55. The molecule has 1 aliphatic carbocycles. The Morgan fingerprint density at radius 2 is 2.29 bits per heavy atom. The van der Waals surface area contributed by atoms with Gasteiger partial charge in [-0.3, -0.25) is 4.68 Å². The molecule has 78 valence electrons. The fraction of sp³-hybridized carbons (Fsp3) is 0.667. The van der Waals surface area contributed by atoms with Gasteiger partial charge in [-0.15, -0.1) is 0 Å². The second-order valence-electron chi connectivity index (χ2n) is 3.93. The fourth-order valence-electron chi connectivity index (χ4n) is 1.75. The lowest BCUT2D eigenvalue weighted by Gasteiger charge is -2.34. The van der Waals surface area contributed by atoms with E-state index in [1.807, 2.05) is 6.92 Å². The molecule has 1 fully saturated rings. The highest BCUT2D eigenvalue weighted by Gasteiger charge is 2.45. The van der Waals surface area contributed by atoms with Crippen molar-refractivity contribution in [1.82, 2.24) is 9.78 Å². The van der Waals surface area contributed by atoms with E-state index >= 15 is 0 Å². The Morgan fingerprint density at radius 1 is 1.64 bits per heavy atom. The second-order valence-corrected chi connectivity index (χ2v) is 4.29. The van der Waals surface area contributed by atoms with Gasteiger partial charge in [-0.25, -0.2) is 8.78 Å². The molecule has 1 saturated carbocycles. The van der Waals surface area contributed by atoms with Crippen molar-refractivity contribution in [2.24, 2.45) is 5.92 Å². The highest BCUT2D eigenvalue weighted by molar-refractivity contribution is 6.30. The van der Waals surface area contributed by atoms with Crippen LogP contribution in [-0.4, -0.2) is 15.7 Å². The van der Waals surface area contributed by atoms with Gasteiger partial charge in [0.2, 0.25) is 5.92 Å². The van der Waals surface area contributed by atoms with Gasteiger partial charge in [0.15, 0.2) is 0 Å². The van der Waals surface area contributed by atoms with Gasteiger partial charge in [0.05, 0.1) is 6.20 Å². The van der Waals surface area contributed by atoms with Gasteiger partial charge in [-0.05, 0) is 12.8 Å². The van der Waals surface area contributed by atoms with Crippen molar-refractivity contribution in [3.05, 3.63) is 16.9 Å². The minimum atomic E-state index is -2.46. The van der Waals surface area contributed by atoms with E-state index in [0.717, 1.165) is 5.56 Å². The number of aromatic nitrogens is 2. The summed E-state index contributed by atoms with van der Waals surface area (Å²) in [6, 6.07) is 0. The number of rotatable bonds is 2. The van der Waals surface area contributed by atoms with Gasteiger partial charge in [-0.1, -0.05) is 11.6 Å². The summed E-state index contributed by atoms with van der Waals surface area (Å²) < 4.78 is 26.7. The van der Waals surface area contributed by atoms with E-state index in [2.05, 4.69) is 5.10 Å². The largest absolute Gasteiger partial charge is 0.253 e.